The number of ketones is 2. The van der Waals surface area contributed by atoms with E-state index in [1.54, 1.807) is 12.3 Å². The molecule has 0 fully saturated rings. The van der Waals surface area contributed by atoms with Crippen molar-refractivity contribution in [3.8, 4) is 0 Å². The van der Waals surface area contributed by atoms with Gasteiger partial charge in [-0.2, -0.15) is 0 Å². The fraction of sp³-hybridized carbons (Fsp3) is 0. The average Bonchev–Trinajstić information content (AvgIpc) is 2.36. The summed E-state index contributed by atoms with van der Waals surface area (Å²) >= 11 is 0. The molecular weight excluding hydrogens is 142 g/mol. The number of H-pyrrole nitrogens is 1. The first-order valence-corrected chi connectivity index (χ1v) is 3.22. The lowest BCUT2D eigenvalue weighted by Gasteiger charge is -1.90. The monoisotopic (exact) mass is 147 g/mol. The number of carbonyl (C=O) groups excluding carboxylic acids is 2. The molecule has 0 spiro atoms. The largest absolute Gasteiger partial charge is 0.361 e. The maximum absolute atomic E-state index is 10.8. The van der Waals surface area contributed by atoms with Crippen LogP contribution in [0.3, 0.4) is 0 Å². The molecule has 1 heterocycles. The molecule has 0 saturated carbocycles. The molecule has 54 valence electrons. The van der Waals surface area contributed by atoms with Gasteiger partial charge in [-0.3, -0.25) is 9.59 Å². The van der Waals surface area contributed by atoms with Gasteiger partial charge in [-0.05, 0) is 12.1 Å². The molecule has 0 atom stereocenters. The van der Waals surface area contributed by atoms with Gasteiger partial charge in [0.25, 0.3) is 0 Å². The highest BCUT2D eigenvalue weighted by atomic mass is 16.2. The van der Waals surface area contributed by atoms with E-state index < -0.39 is 11.6 Å². The normalized spacial score (nSPS) is 15.3. The highest BCUT2D eigenvalue weighted by Gasteiger charge is 2.11. The number of hydrogen-bond acceptors (Lipinski definition) is 2. The van der Waals surface area contributed by atoms with E-state index in [9.17, 15) is 9.59 Å². The maximum Gasteiger partial charge on any atom is 0.227 e. The SMILES string of the molecule is O=C1C=c2cc[nH]c2=CC1=O. The van der Waals surface area contributed by atoms with E-state index in [1.807, 2.05) is 0 Å². The van der Waals surface area contributed by atoms with Crippen LogP contribution in [-0.4, -0.2) is 16.6 Å². The van der Waals surface area contributed by atoms with Crippen LogP contribution in [0, 0.1) is 0 Å². The van der Waals surface area contributed by atoms with Gasteiger partial charge in [-0.15, -0.1) is 0 Å². The second-order valence-electron chi connectivity index (χ2n) is 2.36. The molecule has 1 aromatic heterocycles. The van der Waals surface area contributed by atoms with E-state index in [1.165, 1.54) is 12.2 Å². The van der Waals surface area contributed by atoms with Crippen LogP contribution in [0.15, 0.2) is 12.3 Å². The smallest absolute Gasteiger partial charge is 0.227 e. The molecule has 3 heteroatoms. The Morgan fingerprint density at radius 2 is 1.82 bits per heavy atom. The molecule has 0 aromatic carbocycles. The second-order valence-corrected chi connectivity index (χ2v) is 2.36. The molecular formula is C8H5NO2. The average molecular weight is 147 g/mol. The van der Waals surface area contributed by atoms with E-state index in [2.05, 4.69) is 4.98 Å². The molecule has 0 radical (unpaired) electrons. The lowest BCUT2D eigenvalue weighted by molar-refractivity contribution is -0.129. The number of Topliss-reactive ketones (excluding diaryl/α,β-unsaturated/α-hetero) is 2. The van der Waals surface area contributed by atoms with Gasteiger partial charge in [0, 0.05) is 22.8 Å². The summed E-state index contributed by atoms with van der Waals surface area (Å²) in [4.78, 5) is 24.5. The highest BCUT2D eigenvalue weighted by molar-refractivity contribution is 6.57. The number of hydrogen-bond donors (Lipinski definition) is 1. The Labute approximate surface area is 62.0 Å². The maximum atomic E-state index is 10.8. The number of nitrogens with one attached hydrogen (secondary N) is 1. The molecule has 11 heavy (non-hydrogen) atoms. The topological polar surface area (TPSA) is 49.9 Å². The van der Waals surface area contributed by atoms with Gasteiger partial charge in [0.2, 0.25) is 11.6 Å². The minimum Gasteiger partial charge on any atom is -0.361 e. The Kier molecular flexibility index (Phi) is 1.06. The number of aromatic nitrogens is 1. The third-order valence-electron chi connectivity index (χ3n) is 1.62. The number of carbonyl (C=O) groups is 2. The van der Waals surface area contributed by atoms with Crippen molar-refractivity contribution in [1.29, 1.82) is 0 Å². The van der Waals surface area contributed by atoms with Crippen molar-refractivity contribution in [2.75, 3.05) is 0 Å². The minimum atomic E-state index is -0.458. The quantitative estimate of drug-likeness (QED) is 0.465. The van der Waals surface area contributed by atoms with Crippen molar-refractivity contribution >= 4 is 23.7 Å². The van der Waals surface area contributed by atoms with Crippen LogP contribution in [0.5, 0.6) is 0 Å². The molecule has 0 saturated heterocycles. The summed E-state index contributed by atoms with van der Waals surface area (Å²) in [5, 5.41) is 1.50. The summed E-state index contributed by atoms with van der Waals surface area (Å²) in [5.74, 6) is -0.906. The van der Waals surface area contributed by atoms with Gasteiger partial charge in [-0.1, -0.05) is 0 Å². The molecule has 0 unspecified atom stereocenters. The molecule has 1 aromatic rings. The Morgan fingerprint density at radius 3 is 2.64 bits per heavy atom. The van der Waals surface area contributed by atoms with E-state index in [0.717, 1.165) is 10.6 Å². The predicted molar refractivity (Wildman–Crippen MR) is 39.0 cm³/mol. The van der Waals surface area contributed by atoms with Crippen LogP contribution in [0.1, 0.15) is 0 Å². The molecule has 3 nitrogen and oxygen atoms in total. The van der Waals surface area contributed by atoms with E-state index in [4.69, 9.17) is 0 Å². The van der Waals surface area contributed by atoms with E-state index in [0.29, 0.717) is 0 Å². The zero-order chi connectivity index (χ0) is 7.84. The number of rotatable bonds is 0. The molecule has 1 N–H and O–H groups in total. The minimum absolute atomic E-state index is 0.447. The van der Waals surface area contributed by atoms with Crippen LogP contribution in [0.25, 0.3) is 12.2 Å². The summed E-state index contributed by atoms with van der Waals surface area (Å²) in [6.07, 6.45) is 4.36. The van der Waals surface area contributed by atoms with Gasteiger partial charge in [0.05, 0.1) is 0 Å². The molecule has 0 amide bonds. The summed E-state index contributed by atoms with van der Waals surface area (Å²) < 4.78 is 0. The lowest BCUT2D eigenvalue weighted by Crippen LogP contribution is -2.31. The molecule has 0 aliphatic heterocycles. The highest BCUT2D eigenvalue weighted by Crippen LogP contribution is 1.84. The van der Waals surface area contributed by atoms with Gasteiger partial charge in [0.15, 0.2) is 0 Å². The van der Waals surface area contributed by atoms with Gasteiger partial charge in [-0.25, -0.2) is 0 Å². The van der Waals surface area contributed by atoms with E-state index in [-0.39, 0.29) is 0 Å². The Bertz CT molecular complexity index is 398. The Balaban J connectivity index is 2.89. The predicted octanol–water partition coefficient (Wildman–Crippen LogP) is -1.27. The van der Waals surface area contributed by atoms with Gasteiger partial charge in [0.1, 0.15) is 0 Å². The Hall–Kier alpha value is -1.64. The summed E-state index contributed by atoms with van der Waals surface area (Å²) in [6, 6.07) is 1.76. The second kappa shape index (κ2) is 1.92. The summed E-state index contributed by atoms with van der Waals surface area (Å²) in [6.45, 7) is 0. The van der Waals surface area contributed by atoms with Crippen molar-refractivity contribution in [3.05, 3.63) is 22.8 Å². The fourth-order valence-corrected chi connectivity index (χ4v) is 1.06. The van der Waals surface area contributed by atoms with Crippen molar-refractivity contribution in [2.45, 2.75) is 0 Å². The van der Waals surface area contributed by atoms with Crippen molar-refractivity contribution in [1.82, 2.24) is 4.98 Å². The number of fused-ring (bicyclic) bond motifs is 1. The fourth-order valence-electron chi connectivity index (χ4n) is 1.06. The lowest BCUT2D eigenvalue weighted by atomic mass is 10.1. The molecule has 1 aliphatic rings. The molecule has 2 rings (SSSR count). The molecule has 1 aliphatic carbocycles. The first-order valence-electron chi connectivity index (χ1n) is 3.22. The van der Waals surface area contributed by atoms with Crippen LogP contribution >= 0.6 is 0 Å². The van der Waals surface area contributed by atoms with Crippen LogP contribution in [0.4, 0.5) is 0 Å². The summed E-state index contributed by atoms with van der Waals surface area (Å²) in [5.41, 5.74) is 0. The van der Waals surface area contributed by atoms with Crippen LogP contribution in [0.2, 0.25) is 0 Å². The zero-order valence-electron chi connectivity index (χ0n) is 5.63. The first kappa shape index (κ1) is 6.09. The third kappa shape index (κ3) is 0.816. The van der Waals surface area contributed by atoms with Gasteiger partial charge >= 0.3 is 0 Å². The van der Waals surface area contributed by atoms with E-state index >= 15 is 0 Å². The van der Waals surface area contributed by atoms with Crippen molar-refractivity contribution in [3.63, 3.8) is 0 Å². The Morgan fingerprint density at radius 1 is 1.09 bits per heavy atom. The first-order chi connectivity index (χ1) is 5.27. The van der Waals surface area contributed by atoms with Gasteiger partial charge < -0.3 is 4.98 Å². The van der Waals surface area contributed by atoms with Crippen molar-refractivity contribution in [2.24, 2.45) is 0 Å². The molecule has 0 bridgehead atoms. The number of aromatic amines is 1. The van der Waals surface area contributed by atoms with Crippen LogP contribution in [-0.2, 0) is 9.59 Å². The standard InChI is InChI=1S/C8H5NO2/c10-7-3-5-1-2-9-6(5)4-8(7)11/h1-4,9H. The van der Waals surface area contributed by atoms with Crippen LogP contribution < -0.4 is 10.6 Å². The summed E-state index contributed by atoms with van der Waals surface area (Å²) in [7, 11) is 0. The van der Waals surface area contributed by atoms with Crippen molar-refractivity contribution < 1.29 is 9.59 Å². The zero-order valence-corrected chi connectivity index (χ0v) is 5.63. The third-order valence-corrected chi connectivity index (χ3v) is 1.62.